The fourth-order valence-electron chi connectivity index (χ4n) is 1.63. The van der Waals surface area contributed by atoms with Gasteiger partial charge in [0.25, 0.3) is 0 Å². The average Bonchev–Trinajstić information content (AvgIpc) is 2.72. The molecule has 18 heavy (non-hydrogen) atoms. The van der Waals surface area contributed by atoms with Crippen LogP contribution in [0.2, 0.25) is 0 Å². The third-order valence-electron chi connectivity index (χ3n) is 2.33. The van der Waals surface area contributed by atoms with Gasteiger partial charge in [-0.15, -0.1) is 0 Å². The molecule has 1 aromatic heterocycles. The molecule has 1 amide bonds. The fourth-order valence-corrected chi connectivity index (χ4v) is 1.63. The normalized spacial score (nSPS) is 18.9. The first-order valence-corrected chi connectivity index (χ1v) is 5.64. The molecule has 1 aromatic rings. The van der Waals surface area contributed by atoms with Gasteiger partial charge in [0.15, 0.2) is 6.04 Å². The summed E-state index contributed by atoms with van der Waals surface area (Å²) >= 11 is 0. The predicted octanol–water partition coefficient (Wildman–Crippen LogP) is 0.0381. The molecular formula is C11H14N4O3. The first-order chi connectivity index (χ1) is 8.58. The van der Waals surface area contributed by atoms with Crippen LogP contribution in [0.5, 0.6) is 0 Å². The lowest BCUT2D eigenvalue weighted by atomic mass is 10.2. The van der Waals surface area contributed by atoms with Crippen LogP contribution in [-0.4, -0.2) is 34.0 Å². The van der Waals surface area contributed by atoms with E-state index in [-0.39, 0.29) is 24.4 Å². The highest BCUT2D eigenvalue weighted by atomic mass is 16.5. The Labute approximate surface area is 104 Å². The zero-order valence-electron chi connectivity index (χ0n) is 10.2. The number of carbonyl (C=O) groups excluding carboxylic acids is 2. The Hall–Kier alpha value is -2.18. The van der Waals surface area contributed by atoms with Crippen LogP contribution < -0.4 is 10.4 Å². The lowest BCUT2D eigenvalue weighted by Crippen LogP contribution is -2.44. The van der Waals surface area contributed by atoms with E-state index in [2.05, 4.69) is 15.4 Å². The SMILES string of the molecule is CC(C)OC(=O)C1CC(=O)NN1c1ncccn1. The number of esters is 1. The average molecular weight is 250 g/mol. The first kappa shape index (κ1) is 12.3. The van der Waals surface area contributed by atoms with Crippen molar-refractivity contribution in [1.29, 1.82) is 0 Å². The van der Waals surface area contributed by atoms with E-state index in [1.54, 1.807) is 19.9 Å². The van der Waals surface area contributed by atoms with E-state index in [0.717, 1.165) is 0 Å². The third kappa shape index (κ3) is 2.55. The van der Waals surface area contributed by atoms with Gasteiger partial charge in [-0.25, -0.2) is 19.8 Å². The van der Waals surface area contributed by atoms with Crippen molar-refractivity contribution in [1.82, 2.24) is 15.4 Å². The van der Waals surface area contributed by atoms with E-state index >= 15 is 0 Å². The zero-order valence-corrected chi connectivity index (χ0v) is 10.2. The molecule has 0 bridgehead atoms. The van der Waals surface area contributed by atoms with Gasteiger partial charge in [0.05, 0.1) is 12.5 Å². The van der Waals surface area contributed by atoms with Crippen LogP contribution in [0.4, 0.5) is 5.95 Å². The Bertz CT molecular complexity index is 449. The molecular weight excluding hydrogens is 236 g/mol. The van der Waals surface area contributed by atoms with Crippen LogP contribution in [0.3, 0.4) is 0 Å². The lowest BCUT2D eigenvalue weighted by Gasteiger charge is -2.22. The Morgan fingerprint density at radius 3 is 2.78 bits per heavy atom. The number of rotatable bonds is 3. The molecule has 0 radical (unpaired) electrons. The molecule has 0 aromatic carbocycles. The number of hydrogen-bond donors (Lipinski definition) is 1. The van der Waals surface area contributed by atoms with Crippen molar-refractivity contribution in [3.8, 4) is 0 Å². The van der Waals surface area contributed by atoms with E-state index in [1.807, 2.05) is 0 Å². The number of aromatic nitrogens is 2. The highest BCUT2D eigenvalue weighted by molar-refractivity contribution is 5.92. The number of ether oxygens (including phenoxy) is 1. The molecule has 7 heteroatoms. The van der Waals surface area contributed by atoms with Crippen LogP contribution in [0.25, 0.3) is 0 Å². The van der Waals surface area contributed by atoms with E-state index in [0.29, 0.717) is 0 Å². The minimum atomic E-state index is -0.720. The minimum absolute atomic E-state index is 0.0454. The second-order valence-corrected chi connectivity index (χ2v) is 4.16. The summed E-state index contributed by atoms with van der Waals surface area (Å²) in [5, 5.41) is 1.34. The van der Waals surface area contributed by atoms with Crippen molar-refractivity contribution >= 4 is 17.8 Å². The number of carbonyl (C=O) groups is 2. The number of anilines is 1. The summed E-state index contributed by atoms with van der Waals surface area (Å²) < 4.78 is 5.11. The van der Waals surface area contributed by atoms with Crippen LogP contribution >= 0.6 is 0 Å². The molecule has 96 valence electrons. The molecule has 1 fully saturated rings. The molecule has 0 saturated carbocycles. The fraction of sp³-hybridized carbons (Fsp3) is 0.455. The molecule has 1 saturated heterocycles. The van der Waals surface area contributed by atoms with Gasteiger partial charge in [-0.1, -0.05) is 0 Å². The number of amides is 1. The third-order valence-corrected chi connectivity index (χ3v) is 2.33. The van der Waals surface area contributed by atoms with Gasteiger partial charge in [0.1, 0.15) is 0 Å². The van der Waals surface area contributed by atoms with Gasteiger partial charge in [-0.05, 0) is 19.9 Å². The molecule has 1 aliphatic rings. The molecule has 2 rings (SSSR count). The van der Waals surface area contributed by atoms with Crippen LogP contribution in [0, 0.1) is 0 Å². The van der Waals surface area contributed by atoms with Gasteiger partial charge < -0.3 is 4.74 Å². The van der Waals surface area contributed by atoms with Gasteiger partial charge in [0, 0.05) is 12.4 Å². The Morgan fingerprint density at radius 1 is 1.50 bits per heavy atom. The summed E-state index contributed by atoms with van der Waals surface area (Å²) in [6.45, 7) is 3.51. The largest absolute Gasteiger partial charge is 0.461 e. The quantitative estimate of drug-likeness (QED) is 0.762. The van der Waals surface area contributed by atoms with Gasteiger partial charge in [-0.2, -0.15) is 0 Å². The van der Waals surface area contributed by atoms with Crippen LogP contribution in [-0.2, 0) is 14.3 Å². The summed E-state index contributed by atoms with van der Waals surface area (Å²) in [5.74, 6) is -0.446. The highest BCUT2D eigenvalue weighted by Crippen LogP contribution is 2.17. The number of hydrogen-bond acceptors (Lipinski definition) is 6. The predicted molar refractivity (Wildman–Crippen MR) is 62.3 cm³/mol. The van der Waals surface area contributed by atoms with Crippen LogP contribution in [0.1, 0.15) is 20.3 Å². The van der Waals surface area contributed by atoms with Crippen LogP contribution in [0.15, 0.2) is 18.5 Å². The Morgan fingerprint density at radius 2 is 2.17 bits per heavy atom. The van der Waals surface area contributed by atoms with Crippen molar-refractivity contribution < 1.29 is 14.3 Å². The van der Waals surface area contributed by atoms with Crippen molar-refractivity contribution in [3.05, 3.63) is 18.5 Å². The minimum Gasteiger partial charge on any atom is -0.461 e. The van der Waals surface area contributed by atoms with E-state index in [9.17, 15) is 9.59 Å². The van der Waals surface area contributed by atoms with Crippen molar-refractivity contribution in [3.63, 3.8) is 0 Å². The molecule has 2 heterocycles. The Kier molecular flexibility index (Phi) is 3.40. The maximum atomic E-state index is 11.9. The highest BCUT2D eigenvalue weighted by Gasteiger charge is 2.38. The Balaban J connectivity index is 2.18. The van der Waals surface area contributed by atoms with Gasteiger partial charge in [0.2, 0.25) is 11.9 Å². The smallest absolute Gasteiger partial charge is 0.331 e. The summed E-state index contributed by atoms with van der Waals surface area (Å²) in [6, 6.07) is 0.936. The topological polar surface area (TPSA) is 84.4 Å². The van der Waals surface area contributed by atoms with Gasteiger partial charge >= 0.3 is 5.97 Å². The van der Waals surface area contributed by atoms with E-state index < -0.39 is 12.0 Å². The van der Waals surface area contributed by atoms with E-state index in [1.165, 1.54) is 17.4 Å². The van der Waals surface area contributed by atoms with Crippen molar-refractivity contribution in [2.45, 2.75) is 32.4 Å². The zero-order chi connectivity index (χ0) is 13.1. The second-order valence-electron chi connectivity index (χ2n) is 4.16. The molecule has 1 aliphatic heterocycles. The molecule has 0 spiro atoms. The monoisotopic (exact) mass is 250 g/mol. The number of hydrazine groups is 1. The van der Waals surface area contributed by atoms with Crippen molar-refractivity contribution in [2.75, 3.05) is 5.01 Å². The summed E-state index contributed by atoms with van der Waals surface area (Å²) in [7, 11) is 0. The standard InChI is InChI=1S/C11H14N4O3/c1-7(2)18-10(17)8-6-9(16)14-15(8)11-12-4-3-5-13-11/h3-5,7-8H,6H2,1-2H3,(H,14,16). The molecule has 0 aliphatic carbocycles. The van der Waals surface area contributed by atoms with Crippen molar-refractivity contribution in [2.24, 2.45) is 0 Å². The summed E-state index contributed by atoms with van der Waals surface area (Å²) in [5.41, 5.74) is 2.54. The number of nitrogens with one attached hydrogen (secondary N) is 1. The lowest BCUT2D eigenvalue weighted by molar-refractivity contribution is -0.149. The van der Waals surface area contributed by atoms with Gasteiger partial charge in [-0.3, -0.25) is 10.2 Å². The maximum Gasteiger partial charge on any atom is 0.331 e. The number of nitrogens with zero attached hydrogens (tertiary/aromatic N) is 3. The molecule has 1 unspecified atom stereocenters. The molecule has 1 N–H and O–H groups in total. The maximum absolute atomic E-state index is 11.9. The summed E-state index contributed by atoms with van der Waals surface area (Å²) in [4.78, 5) is 31.3. The van der Waals surface area contributed by atoms with E-state index in [4.69, 9.17) is 4.74 Å². The second kappa shape index (κ2) is 4.99. The molecule has 7 nitrogen and oxygen atoms in total. The molecule has 1 atom stereocenters. The first-order valence-electron chi connectivity index (χ1n) is 5.64. The summed E-state index contributed by atoms with van der Waals surface area (Å²) in [6.07, 6.45) is 2.89.